The van der Waals surface area contributed by atoms with Crippen molar-refractivity contribution in [3.63, 3.8) is 0 Å². The molecular weight excluding hydrogens is 334 g/mol. The summed E-state index contributed by atoms with van der Waals surface area (Å²) in [5.74, 6) is 0.783. The highest BCUT2D eigenvalue weighted by Gasteiger charge is 2.14. The van der Waals surface area contributed by atoms with Crippen LogP contribution in [0.25, 0.3) is 0 Å². The molecule has 3 heteroatoms. The first-order chi connectivity index (χ1) is 13.1. The second kappa shape index (κ2) is 9.04. The van der Waals surface area contributed by atoms with Gasteiger partial charge in [0.25, 0.3) is 5.91 Å². The largest absolute Gasteiger partial charge is 0.492 e. The van der Waals surface area contributed by atoms with Crippen molar-refractivity contribution in [2.45, 2.75) is 26.2 Å². The van der Waals surface area contributed by atoms with Gasteiger partial charge in [0.15, 0.2) is 0 Å². The SMILES string of the molecule is CC(C)c1ccccc1NC(=O)c1ccccc1OCCc1ccccc1. The highest BCUT2D eigenvalue weighted by Crippen LogP contribution is 2.26. The van der Waals surface area contributed by atoms with E-state index in [9.17, 15) is 4.79 Å². The van der Waals surface area contributed by atoms with E-state index in [0.29, 0.717) is 23.8 Å². The van der Waals surface area contributed by atoms with Crippen LogP contribution < -0.4 is 10.1 Å². The minimum Gasteiger partial charge on any atom is -0.492 e. The van der Waals surface area contributed by atoms with Gasteiger partial charge in [-0.25, -0.2) is 0 Å². The second-order valence-corrected chi connectivity index (χ2v) is 6.78. The third-order valence-corrected chi connectivity index (χ3v) is 4.45. The van der Waals surface area contributed by atoms with Crippen LogP contribution in [0.1, 0.15) is 41.3 Å². The first kappa shape index (κ1) is 18.7. The Bertz CT molecular complexity index is 888. The van der Waals surface area contributed by atoms with Gasteiger partial charge in [-0.2, -0.15) is 0 Å². The molecule has 3 aromatic carbocycles. The van der Waals surface area contributed by atoms with E-state index in [1.807, 2.05) is 60.7 Å². The molecule has 0 spiro atoms. The Labute approximate surface area is 161 Å². The lowest BCUT2D eigenvalue weighted by atomic mass is 10.0. The average Bonchev–Trinajstić information content (AvgIpc) is 2.69. The molecule has 0 radical (unpaired) electrons. The van der Waals surface area contributed by atoms with Crippen molar-refractivity contribution in [1.82, 2.24) is 0 Å². The Balaban J connectivity index is 1.70. The van der Waals surface area contributed by atoms with E-state index in [2.05, 4.69) is 31.3 Å². The Hall–Kier alpha value is -3.07. The highest BCUT2D eigenvalue weighted by molar-refractivity contribution is 6.06. The normalized spacial score (nSPS) is 10.6. The predicted molar refractivity (Wildman–Crippen MR) is 111 cm³/mol. The number of nitrogens with one attached hydrogen (secondary N) is 1. The fourth-order valence-corrected chi connectivity index (χ4v) is 3.01. The fourth-order valence-electron chi connectivity index (χ4n) is 3.01. The lowest BCUT2D eigenvalue weighted by Gasteiger charge is -2.15. The molecule has 27 heavy (non-hydrogen) atoms. The van der Waals surface area contributed by atoms with Gasteiger partial charge < -0.3 is 10.1 Å². The minimum atomic E-state index is -0.154. The first-order valence-corrected chi connectivity index (χ1v) is 9.31. The number of amides is 1. The number of rotatable bonds is 7. The van der Waals surface area contributed by atoms with Crippen molar-refractivity contribution in [3.8, 4) is 5.75 Å². The first-order valence-electron chi connectivity index (χ1n) is 9.31. The van der Waals surface area contributed by atoms with Gasteiger partial charge in [-0.15, -0.1) is 0 Å². The summed E-state index contributed by atoms with van der Waals surface area (Å²) in [7, 11) is 0. The maximum atomic E-state index is 12.9. The van der Waals surface area contributed by atoms with Gasteiger partial charge in [-0.05, 0) is 35.2 Å². The minimum absolute atomic E-state index is 0.154. The number of anilines is 1. The number of carbonyl (C=O) groups is 1. The number of para-hydroxylation sites is 2. The molecule has 0 bridgehead atoms. The zero-order valence-corrected chi connectivity index (χ0v) is 15.8. The number of ether oxygens (including phenoxy) is 1. The van der Waals surface area contributed by atoms with Crippen LogP contribution in [-0.4, -0.2) is 12.5 Å². The molecule has 0 aliphatic rings. The number of benzene rings is 3. The number of carbonyl (C=O) groups excluding carboxylic acids is 1. The van der Waals surface area contributed by atoms with Gasteiger partial charge in [0, 0.05) is 12.1 Å². The molecule has 0 heterocycles. The van der Waals surface area contributed by atoms with Crippen molar-refractivity contribution >= 4 is 11.6 Å². The van der Waals surface area contributed by atoms with Crippen LogP contribution in [0.5, 0.6) is 5.75 Å². The molecule has 3 nitrogen and oxygen atoms in total. The molecule has 0 atom stereocenters. The molecule has 0 aliphatic heterocycles. The van der Waals surface area contributed by atoms with Crippen LogP contribution in [0.15, 0.2) is 78.9 Å². The van der Waals surface area contributed by atoms with Crippen molar-refractivity contribution in [1.29, 1.82) is 0 Å². The smallest absolute Gasteiger partial charge is 0.259 e. The van der Waals surface area contributed by atoms with Crippen molar-refractivity contribution in [2.75, 3.05) is 11.9 Å². The number of hydrogen-bond donors (Lipinski definition) is 1. The zero-order chi connectivity index (χ0) is 19.1. The Morgan fingerprint density at radius 1 is 0.889 bits per heavy atom. The summed E-state index contributed by atoms with van der Waals surface area (Å²) in [6, 6.07) is 25.5. The molecule has 138 valence electrons. The summed E-state index contributed by atoms with van der Waals surface area (Å²) in [4.78, 5) is 12.9. The van der Waals surface area contributed by atoms with Crippen LogP contribution in [0.2, 0.25) is 0 Å². The molecule has 0 aromatic heterocycles. The maximum Gasteiger partial charge on any atom is 0.259 e. The van der Waals surface area contributed by atoms with Crippen molar-refractivity contribution < 1.29 is 9.53 Å². The van der Waals surface area contributed by atoms with E-state index in [4.69, 9.17) is 4.74 Å². The van der Waals surface area contributed by atoms with Crippen LogP contribution in [0, 0.1) is 0 Å². The molecule has 0 saturated heterocycles. The van der Waals surface area contributed by atoms with Gasteiger partial charge in [0.1, 0.15) is 5.75 Å². The van der Waals surface area contributed by atoms with Crippen LogP contribution in [-0.2, 0) is 6.42 Å². The molecule has 0 aliphatic carbocycles. The van der Waals surface area contributed by atoms with Gasteiger partial charge in [0.05, 0.1) is 12.2 Å². The molecule has 0 saturated carbocycles. The summed E-state index contributed by atoms with van der Waals surface area (Å²) in [5.41, 5.74) is 3.72. The third-order valence-electron chi connectivity index (χ3n) is 4.45. The van der Waals surface area contributed by atoms with E-state index >= 15 is 0 Å². The quantitative estimate of drug-likeness (QED) is 0.589. The van der Waals surface area contributed by atoms with Gasteiger partial charge in [0.2, 0.25) is 0 Å². The monoisotopic (exact) mass is 359 g/mol. The predicted octanol–water partition coefficient (Wildman–Crippen LogP) is 5.68. The summed E-state index contributed by atoms with van der Waals surface area (Å²) in [6.07, 6.45) is 0.799. The van der Waals surface area contributed by atoms with Crippen LogP contribution >= 0.6 is 0 Å². The summed E-state index contributed by atoms with van der Waals surface area (Å²) in [5, 5.41) is 3.04. The van der Waals surface area contributed by atoms with E-state index < -0.39 is 0 Å². The second-order valence-electron chi connectivity index (χ2n) is 6.78. The lowest BCUT2D eigenvalue weighted by molar-refractivity contribution is 0.102. The Morgan fingerprint density at radius 2 is 1.56 bits per heavy atom. The van der Waals surface area contributed by atoms with Crippen LogP contribution in [0.3, 0.4) is 0 Å². The topological polar surface area (TPSA) is 38.3 Å². The van der Waals surface area contributed by atoms with E-state index in [1.54, 1.807) is 6.07 Å². The molecule has 0 unspecified atom stereocenters. The zero-order valence-electron chi connectivity index (χ0n) is 15.8. The van der Waals surface area contributed by atoms with Gasteiger partial charge in [-0.1, -0.05) is 74.5 Å². The summed E-state index contributed by atoms with van der Waals surface area (Å²) in [6.45, 7) is 4.76. The standard InChI is InChI=1S/C24H25NO2/c1-18(2)20-12-6-8-14-22(20)25-24(26)21-13-7-9-15-23(21)27-17-16-19-10-4-3-5-11-19/h3-15,18H,16-17H2,1-2H3,(H,25,26). The maximum absolute atomic E-state index is 12.9. The van der Waals surface area contributed by atoms with Crippen molar-refractivity contribution in [2.24, 2.45) is 0 Å². The summed E-state index contributed by atoms with van der Waals surface area (Å²) >= 11 is 0. The van der Waals surface area contributed by atoms with E-state index in [0.717, 1.165) is 17.7 Å². The molecule has 1 amide bonds. The van der Waals surface area contributed by atoms with Crippen molar-refractivity contribution in [3.05, 3.63) is 95.6 Å². The molecule has 3 rings (SSSR count). The Kier molecular flexibility index (Phi) is 6.26. The van der Waals surface area contributed by atoms with E-state index in [-0.39, 0.29) is 5.91 Å². The highest BCUT2D eigenvalue weighted by atomic mass is 16.5. The molecule has 1 N–H and O–H groups in total. The Morgan fingerprint density at radius 3 is 2.33 bits per heavy atom. The van der Waals surface area contributed by atoms with E-state index in [1.165, 1.54) is 5.56 Å². The van der Waals surface area contributed by atoms with Gasteiger partial charge in [-0.3, -0.25) is 4.79 Å². The van der Waals surface area contributed by atoms with Crippen LogP contribution in [0.4, 0.5) is 5.69 Å². The third kappa shape index (κ3) is 4.98. The van der Waals surface area contributed by atoms with Gasteiger partial charge >= 0.3 is 0 Å². The fraction of sp³-hybridized carbons (Fsp3) is 0.208. The summed E-state index contributed by atoms with van der Waals surface area (Å²) < 4.78 is 5.92. The number of hydrogen-bond acceptors (Lipinski definition) is 2. The molecule has 3 aromatic rings. The molecular formula is C24H25NO2. The average molecular weight is 359 g/mol. The lowest BCUT2D eigenvalue weighted by Crippen LogP contribution is -2.15. The molecule has 0 fully saturated rings.